The molecule has 7 nitrogen and oxygen atoms in total. The van der Waals surface area contributed by atoms with Crippen molar-refractivity contribution in [1.29, 1.82) is 0 Å². The summed E-state index contributed by atoms with van der Waals surface area (Å²) in [5, 5.41) is 13.6. The Bertz CT molecular complexity index is 1210. The minimum atomic E-state index is -0.921. The molecule has 0 spiro atoms. The molecule has 9 heteroatoms. The van der Waals surface area contributed by atoms with Crippen LogP contribution in [0.2, 0.25) is 5.02 Å². The fourth-order valence-electron chi connectivity index (χ4n) is 3.94. The Kier molecular flexibility index (Phi) is 6.46. The maximum absolute atomic E-state index is 13.6. The number of amides is 1. The van der Waals surface area contributed by atoms with E-state index in [9.17, 15) is 19.1 Å². The molecule has 170 valence electrons. The number of halogens is 2. The molecule has 33 heavy (non-hydrogen) atoms. The Morgan fingerprint density at radius 1 is 1.24 bits per heavy atom. The summed E-state index contributed by atoms with van der Waals surface area (Å²) < 4.78 is 20.6. The van der Waals surface area contributed by atoms with Crippen LogP contribution in [-0.2, 0) is 16.1 Å². The number of H-pyrrole nitrogens is 1. The van der Waals surface area contributed by atoms with Gasteiger partial charge in [-0.1, -0.05) is 35.6 Å². The van der Waals surface area contributed by atoms with E-state index in [1.807, 2.05) is 10.8 Å². The van der Waals surface area contributed by atoms with Gasteiger partial charge in [-0.2, -0.15) is 0 Å². The zero-order valence-corrected chi connectivity index (χ0v) is 18.5. The molecular weight excluding hydrogens is 449 g/mol. The van der Waals surface area contributed by atoms with Crippen molar-refractivity contribution in [2.45, 2.75) is 19.0 Å². The van der Waals surface area contributed by atoms with Gasteiger partial charge in [0, 0.05) is 18.5 Å². The molecule has 4 rings (SSSR count). The van der Waals surface area contributed by atoms with Crippen molar-refractivity contribution in [3.63, 3.8) is 0 Å². The number of Topliss-reactive ketones (excluding diaryl/α,β-unsaturated/α-hetero) is 1. The standard InChI is InChI=1S/C24H21ClFN3O4/c1-33-19-8-5-16(13-18(19)25)22(30)20-21(15-3-6-17(26)7-4-15)29(24(32)23(20)31)11-2-10-28-12-9-27-14-28/h3-9,12-14,21H,2,10-11H2,1H3,(H,30,31). The highest BCUT2D eigenvalue weighted by molar-refractivity contribution is 6.46. The van der Waals surface area contributed by atoms with Crippen LogP contribution in [0.25, 0.3) is 5.76 Å². The lowest BCUT2D eigenvalue weighted by molar-refractivity contribution is -0.695. The Morgan fingerprint density at radius 3 is 2.64 bits per heavy atom. The monoisotopic (exact) mass is 469 g/mol. The summed E-state index contributed by atoms with van der Waals surface area (Å²) in [4.78, 5) is 30.2. The Labute approximate surface area is 194 Å². The number of aromatic nitrogens is 2. The quantitative estimate of drug-likeness (QED) is 0.249. The minimum absolute atomic E-state index is 0.161. The molecule has 1 unspecified atom stereocenters. The van der Waals surface area contributed by atoms with Gasteiger partial charge in [0.1, 0.15) is 24.0 Å². The van der Waals surface area contributed by atoms with Crippen molar-refractivity contribution in [2.24, 2.45) is 0 Å². The van der Waals surface area contributed by atoms with Gasteiger partial charge in [-0.15, -0.1) is 0 Å². The SMILES string of the molecule is COc1ccc(C([O-])=C2C(=O)C(=O)N(CCC[n+]3cc[nH]c3)C2c2ccc(F)cc2)cc1Cl. The predicted octanol–water partition coefficient (Wildman–Crippen LogP) is 2.42. The number of hydrogen-bond donors (Lipinski definition) is 1. The zero-order chi connectivity index (χ0) is 23.5. The Hall–Kier alpha value is -3.65. The highest BCUT2D eigenvalue weighted by atomic mass is 35.5. The molecule has 1 aliphatic heterocycles. The average molecular weight is 470 g/mol. The molecule has 1 aromatic heterocycles. The number of rotatable bonds is 7. The molecule has 0 aliphatic carbocycles. The number of likely N-dealkylation sites (tertiary alicyclic amines) is 1. The highest BCUT2D eigenvalue weighted by Crippen LogP contribution is 2.39. The first-order valence-corrected chi connectivity index (χ1v) is 10.7. The van der Waals surface area contributed by atoms with Crippen LogP contribution in [0.1, 0.15) is 23.6 Å². The van der Waals surface area contributed by atoms with Gasteiger partial charge < -0.3 is 14.7 Å². The minimum Gasteiger partial charge on any atom is -0.872 e. The molecule has 1 aliphatic rings. The maximum atomic E-state index is 13.6. The number of imidazole rings is 1. The predicted molar refractivity (Wildman–Crippen MR) is 116 cm³/mol. The van der Waals surface area contributed by atoms with Crippen molar-refractivity contribution >= 4 is 29.1 Å². The van der Waals surface area contributed by atoms with Crippen LogP contribution < -0.4 is 14.4 Å². The summed E-state index contributed by atoms with van der Waals surface area (Å²) in [6, 6.07) is 8.94. The molecule has 1 saturated heterocycles. The third kappa shape index (κ3) is 4.47. The molecular formula is C24H21ClFN3O4. The molecule has 2 aromatic carbocycles. The molecule has 0 bridgehead atoms. The van der Waals surface area contributed by atoms with Gasteiger partial charge in [0.15, 0.2) is 0 Å². The van der Waals surface area contributed by atoms with E-state index >= 15 is 0 Å². The van der Waals surface area contributed by atoms with Gasteiger partial charge in [-0.25, -0.2) is 8.96 Å². The molecule has 1 fully saturated rings. The van der Waals surface area contributed by atoms with Crippen molar-refractivity contribution in [3.8, 4) is 5.75 Å². The normalized spacial score (nSPS) is 17.5. The lowest BCUT2D eigenvalue weighted by Crippen LogP contribution is -2.36. The molecule has 0 saturated carbocycles. The van der Waals surface area contributed by atoms with E-state index in [0.29, 0.717) is 24.3 Å². The Balaban J connectivity index is 1.74. The van der Waals surface area contributed by atoms with Gasteiger partial charge in [-0.05, 0) is 35.4 Å². The van der Waals surface area contributed by atoms with Crippen LogP contribution >= 0.6 is 11.6 Å². The van der Waals surface area contributed by atoms with Crippen LogP contribution in [0.4, 0.5) is 4.39 Å². The van der Waals surface area contributed by atoms with E-state index in [2.05, 4.69) is 4.98 Å². The van der Waals surface area contributed by atoms with Gasteiger partial charge >= 0.3 is 0 Å². The molecule has 3 aromatic rings. The van der Waals surface area contributed by atoms with Crippen molar-refractivity contribution < 1.29 is 28.4 Å². The lowest BCUT2D eigenvalue weighted by Gasteiger charge is -2.27. The summed E-state index contributed by atoms with van der Waals surface area (Å²) >= 11 is 6.17. The number of carbonyl (C=O) groups is 2. The number of ether oxygens (including phenoxy) is 1. The Morgan fingerprint density at radius 2 is 2.00 bits per heavy atom. The number of nitrogens with one attached hydrogen (secondary N) is 1. The van der Waals surface area contributed by atoms with E-state index in [1.165, 1.54) is 54.5 Å². The fraction of sp³-hybridized carbons (Fsp3) is 0.208. The average Bonchev–Trinajstić information content (AvgIpc) is 3.41. The molecule has 1 atom stereocenters. The maximum Gasteiger partial charge on any atom is 0.295 e. The number of hydrogen-bond acceptors (Lipinski definition) is 4. The van der Waals surface area contributed by atoms with Crippen LogP contribution in [0, 0.1) is 5.82 Å². The first-order valence-electron chi connectivity index (χ1n) is 10.3. The first kappa shape index (κ1) is 22.5. The van der Waals surface area contributed by atoms with Crippen molar-refractivity contribution in [2.75, 3.05) is 13.7 Å². The number of benzene rings is 2. The van der Waals surface area contributed by atoms with Crippen molar-refractivity contribution in [3.05, 3.63) is 88.7 Å². The van der Waals surface area contributed by atoms with Crippen LogP contribution in [0.15, 0.2) is 66.8 Å². The van der Waals surface area contributed by atoms with Crippen molar-refractivity contribution in [1.82, 2.24) is 9.88 Å². The van der Waals surface area contributed by atoms with E-state index in [0.717, 1.165) is 0 Å². The van der Waals surface area contributed by atoms with Crippen LogP contribution in [-0.4, -0.2) is 35.2 Å². The smallest absolute Gasteiger partial charge is 0.295 e. The summed E-state index contributed by atoms with van der Waals surface area (Å²) in [5.74, 6) is -2.30. The second-order valence-electron chi connectivity index (χ2n) is 7.58. The van der Waals surface area contributed by atoms with Gasteiger partial charge in [0.25, 0.3) is 5.91 Å². The van der Waals surface area contributed by atoms with Crippen LogP contribution in [0.5, 0.6) is 5.75 Å². The van der Waals surface area contributed by atoms with E-state index in [4.69, 9.17) is 16.3 Å². The van der Waals surface area contributed by atoms with Crippen LogP contribution in [0.3, 0.4) is 0 Å². The second-order valence-corrected chi connectivity index (χ2v) is 7.98. The summed E-state index contributed by atoms with van der Waals surface area (Å²) in [5.41, 5.74) is 0.462. The van der Waals surface area contributed by atoms with E-state index < -0.39 is 29.3 Å². The molecule has 2 heterocycles. The summed E-state index contributed by atoms with van der Waals surface area (Å²) in [6.07, 6.45) is 5.96. The third-order valence-corrected chi connectivity index (χ3v) is 5.84. The molecule has 1 amide bonds. The lowest BCUT2D eigenvalue weighted by atomic mass is 9.95. The number of carbonyl (C=O) groups excluding carboxylic acids is 2. The first-order chi connectivity index (χ1) is 15.9. The second kappa shape index (κ2) is 9.46. The zero-order valence-electron chi connectivity index (χ0n) is 17.8. The summed E-state index contributed by atoms with van der Waals surface area (Å²) in [6.45, 7) is 0.847. The topological polar surface area (TPSA) is 89.3 Å². The fourth-order valence-corrected chi connectivity index (χ4v) is 4.20. The number of nitrogens with zero attached hydrogens (tertiary/aromatic N) is 2. The van der Waals surface area contributed by atoms with E-state index in [-0.39, 0.29) is 22.7 Å². The number of aryl methyl sites for hydroxylation is 1. The summed E-state index contributed by atoms with van der Waals surface area (Å²) in [7, 11) is 1.45. The van der Waals surface area contributed by atoms with Gasteiger partial charge in [-0.3, -0.25) is 14.6 Å². The molecule has 1 N–H and O–H groups in total. The highest BCUT2D eigenvalue weighted by Gasteiger charge is 2.43. The van der Waals surface area contributed by atoms with E-state index in [1.54, 1.807) is 12.5 Å². The molecule has 0 radical (unpaired) electrons. The number of aromatic amines is 1. The van der Waals surface area contributed by atoms with Gasteiger partial charge in [0.2, 0.25) is 12.1 Å². The number of ketones is 1. The third-order valence-electron chi connectivity index (χ3n) is 5.55. The number of methoxy groups -OCH3 is 1. The largest absolute Gasteiger partial charge is 0.872 e. The van der Waals surface area contributed by atoms with Gasteiger partial charge in [0.05, 0.1) is 24.7 Å².